The fraction of sp³-hybridized carbons (Fsp3) is 0.391. The molecule has 2 aromatic rings. The van der Waals surface area contributed by atoms with E-state index in [2.05, 4.69) is 21.1 Å². The van der Waals surface area contributed by atoms with E-state index in [1.165, 1.54) is 24.3 Å². The highest BCUT2D eigenvalue weighted by atomic mass is 16.6. The molecule has 4 aliphatic carbocycles. The van der Waals surface area contributed by atoms with Gasteiger partial charge in [-0.1, -0.05) is 0 Å². The molecular formula is C23H20N8O8. The first-order chi connectivity index (χ1) is 18.6. The third-order valence-corrected chi connectivity index (χ3v) is 8.58. The first kappa shape index (κ1) is 24.3. The monoisotopic (exact) mass is 536 g/mol. The number of nitro groups is 4. The maximum Gasteiger partial charge on any atom is 0.301 e. The Balaban J connectivity index is 1.26. The van der Waals surface area contributed by atoms with Crippen LogP contribution in [0.3, 0.4) is 0 Å². The highest BCUT2D eigenvalue weighted by Crippen LogP contribution is 2.69. The summed E-state index contributed by atoms with van der Waals surface area (Å²) in [7, 11) is 0. The van der Waals surface area contributed by atoms with Gasteiger partial charge in [-0.15, -0.1) is 0 Å². The van der Waals surface area contributed by atoms with E-state index in [0.29, 0.717) is 23.7 Å². The van der Waals surface area contributed by atoms with Crippen molar-refractivity contribution in [1.82, 2.24) is 0 Å². The fourth-order valence-corrected chi connectivity index (χ4v) is 7.19. The average molecular weight is 536 g/mol. The van der Waals surface area contributed by atoms with E-state index in [1.807, 2.05) is 0 Å². The lowest BCUT2D eigenvalue weighted by Gasteiger charge is -2.24. The Hall–Kier alpha value is -5.02. The minimum Gasteiger partial charge on any atom is -0.272 e. The molecule has 6 atom stereocenters. The normalized spacial score (nSPS) is 29.6. The summed E-state index contributed by atoms with van der Waals surface area (Å²) in [6.45, 7) is 0. The number of hydrogen-bond acceptors (Lipinski definition) is 12. The van der Waals surface area contributed by atoms with Crippen LogP contribution < -0.4 is 10.9 Å². The van der Waals surface area contributed by atoms with Gasteiger partial charge in [0, 0.05) is 35.4 Å². The fourth-order valence-electron chi connectivity index (χ4n) is 7.19. The maximum absolute atomic E-state index is 11.5. The van der Waals surface area contributed by atoms with Gasteiger partial charge >= 0.3 is 11.4 Å². The Bertz CT molecular complexity index is 1410. The molecule has 4 saturated carbocycles. The summed E-state index contributed by atoms with van der Waals surface area (Å²) in [6.07, 6.45) is 2.50. The van der Waals surface area contributed by atoms with Crippen LogP contribution in [0, 0.1) is 76.0 Å². The lowest BCUT2D eigenvalue weighted by molar-refractivity contribution is -0.393. The number of benzene rings is 2. The largest absolute Gasteiger partial charge is 0.301 e. The summed E-state index contributed by atoms with van der Waals surface area (Å²) >= 11 is 0. The average Bonchev–Trinajstić information content (AvgIpc) is 3.57. The number of nitrogens with zero attached hydrogens (tertiary/aromatic N) is 6. The van der Waals surface area contributed by atoms with Crippen LogP contribution in [0.15, 0.2) is 46.6 Å². The van der Waals surface area contributed by atoms with Gasteiger partial charge < -0.3 is 0 Å². The molecule has 0 aromatic heterocycles. The Morgan fingerprint density at radius 1 is 0.615 bits per heavy atom. The second-order valence-electron chi connectivity index (χ2n) is 10.2. The van der Waals surface area contributed by atoms with Crippen molar-refractivity contribution in [2.75, 3.05) is 10.9 Å². The topological polar surface area (TPSA) is 221 Å². The third-order valence-electron chi connectivity index (χ3n) is 8.58. The summed E-state index contributed by atoms with van der Waals surface area (Å²) < 4.78 is 0. The lowest BCUT2D eigenvalue weighted by Crippen LogP contribution is -2.27. The standard InChI is InChI=1S/C23H20N8O8/c32-28(33)10-1-3-16(20(5-10)30(36)37)24-26-18-8-12-13-9-19(23-15(13)7-14(12)22(18)23)27-25-17-4-2-11(29(34)35)6-21(17)31(38)39/h1-6,12-15,22-25H,7-9H2/b26-18-,27-19-. The minimum atomic E-state index is -0.701. The van der Waals surface area contributed by atoms with Crippen molar-refractivity contribution >= 4 is 45.5 Å². The smallest absolute Gasteiger partial charge is 0.272 e. The number of nitro benzene ring substituents is 4. The van der Waals surface area contributed by atoms with E-state index in [0.717, 1.165) is 42.8 Å². The molecule has 0 heterocycles. The number of fused-ring (bicyclic) bond motifs is 2. The van der Waals surface area contributed by atoms with Crippen molar-refractivity contribution in [3.05, 3.63) is 76.9 Å². The molecule has 0 aliphatic heterocycles. The molecule has 39 heavy (non-hydrogen) atoms. The van der Waals surface area contributed by atoms with Crippen LogP contribution in [0.1, 0.15) is 19.3 Å². The van der Waals surface area contributed by atoms with Crippen molar-refractivity contribution in [3.63, 3.8) is 0 Å². The quantitative estimate of drug-likeness (QED) is 0.355. The molecule has 6 unspecified atom stereocenters. The third kappa shape index (κ3) is 3.82. The number of rotatable bonds is 8. The van der Waals surface area contributed by atoms with Crippen LogP contribution in [0.4, 0.5) is 34.1 Å². The lowest BCUT2D eigenvalue weighted by atomic mass is 9.79. The van der Waals surface area contributed by atoms with Crippen LogP contribution in [0.25, 0.3) is 0 Å². The molecule has 2 bridgehead atoms. The second kappa shape index (κ2) is 8.78. The van der Waals surface area contributed by atoms with Gasteiger partial charge in [0.15, 0.2) is 0 Å². The van der Waals surface area contributed by atoms with Gasteiger partial charge in [-0.05, 0) is 55.1 Å². The highest BCUT2D eigenvalue weighted by Gasteiger charge is 2.67. The predicted molar refractivity (Wildman–Crippen MR) is 136 cm³/mol. The Kier molecular flexibility index (Phi) is 5.48. The molecule has 0 saturated heterocycles. The first-order valence-corrected chi connectivity index (χ1v) is 12.1. The van der Waals surface area contributed by atoms with E-state index in [-0.39, 0.29) is 23.2 Å². The maximum atomic E-state index is 11.5. The molecule has 16 nitrogen and oxygen atoms in total. The zero-order chi connectivity index (χ0) is 27.6. The van der Waals surface area contributed by atoms with Gasteiger partial charge in [-0.3, -0.25) is 51.3 Å². The van der Waals surface area contributed by atoms with Gasteiger partial charge in [0.2, 0.25) is 0 Å². The summed E-state index contributed by atoms with van der Waals surface area (Å²) in [5.74, 6) is 1.72. The Morgan fingerprint density at radius 2 is 1.03 bits per heavy atom. The second-order valence-corrected chi connectivity index (χ2v) is 10.2. The molecule has 0 amide bonds. The van der Waals surface area contributed by atoms with Crippen LogP contribution in [0.5, 0.6) is 0 Å². The highest BCUT2D eigenvalue weighted by molar-refractivity contribution is 6.01. The molecule has 2 aromatic carbocycles. The van der Waals surface area contributed by atoms with Gasteiger partial charge in [0.05, 0.1) is 31.8 Å². The van der Waals surface area contributed by atoms with E-state index >= 15 is 0 Å². The molecule has 6 rings (SSSR count). The molecule has 16 heteroatoms. The summed E-state index contributed by atoms with van der Waals surface area (Å²) in [4.78, 5) is 42.2. The van der Waals surface area contributed by atoms with Gasteiger partial charge in [0.1, 0.15) is 11.4 Å². The number of nitrogens with one attached hydrogen (secondary N) is 2. The molecular weight excluding hydrogens is 516 g/mol. The number of hydrogen-bond donors (Lipinski definition) is 2. The van der Waals surface area contributed by atoms with Crippen LogP contribution in [0.2, 0.25) is 0 Å². The molecule has 4 aliphatic rings. The first-order valence-electron chi connectivity index (χ1n) is 12.1. The molecule has 0 radical (unpaired) electrons. The SMILES string of the molecule is O=[N+]([O-])c1ccc(N/N=C2/CC3C4C/C(=N/Nc5ccc([N+](=O)[O-])cc5[N+](=O)[O-])C5C4CC3C25)c([N+](=O)[O-])c1. The molecule has 2 N–H and O–H groups in total. The van der Waals surface area contributed by atoms with E-state index in [4.69, 9.17) is 0 Å². The minimum absolute atomic E-state index is 0.0538. The van der Waals surface area contributed by atoms with Gasteiger partial charge in [0.25, 0.3) is 11.4 Å². The summed E-state index contributed by atoms with van der Waals surface area (Å²) in [5, 5.41) is 54.1. The van der Waals surface area contributed by atoms with Gasteiger partial charge in [-0.2, -0.15) is 10.2 Å². The Morgan fingerprint density at radius 3 is 1.38 bits per heavy atom. The van der Waals surface area contributed by atoms with Gasteiger partial charge in [-0.25, -0.2) is 0 Å². The van der Waals surface area contributed by atoms with Crippen LogP contribution in [-0.2, 0) is 0 Å². The van der Waals surface area contributed by atoms with Crippen molar-refractivity contribution in [2.45, 2.75) is 19.3 Å². The number of hydrazone groups is 2. The van der Waals surface area contributed by atoms with Crippen molar-refractivity contribution in [1.29, 1.82) is 0 Å². The molecule has 200 valence electrons. The molecule has 0 spiro atoms. The zero-order valence-corrected chi connectivity index (χ0v) is 20.0. The van der Waals surface area contributed by atoms with Crippen molar-refractivity contribution in [2.24, 2.45) is 45.7 Å². The van der Waals surface area contributed by atoms with E-state index in [9.17, 15) is 40.5 Å². The zero-order valence-electron chi connectivity index (χ0n) is 20.0. The summed E-state index contributed by atoms with van der Waals surface area (Å²) in [5.41, 5.74) is 5.67. The Labute approximate surface area is 218 Å². The number of anilines is 2. The van der Waals surface area contributed by atoms with Crippen LogP contribution >= 0.6 is 0 Å². The molecule has 4 fully saturated rings. The number of non-ortho nitro benzene ring substituents is 2. The summed E-state index contributed by atoms with van der Waals surface area (Å²) in [6, 6.07) is 6.66. The van der Waals surface area contributed by atoms with Crippen molar-refractivity contribution < 1.29 is 19.7 Å². The van der Waals surface area contributed by atoms with Crippen molar-refractivity contribution in [3.8, 4) is 0 Å². The van der Waals surface area contributed by atoms with E-state index in [1.54, 1.807) is 0 Å². The van der Waals surface area contributed by atoms with Crippen LogP contribution in [-0.4, -0.2) is 31.1 Å². The predicted octanol–water partition coefficient (Wildman–Crippen LogP) is 4.48. The van der Waals surface area contributed by atoms with E-state index < -0.39 is 42.4 Å².